The van der Waals surface area contributed by atoms with Gasteiger partial charge in [0.25, 0.3) is 11.8 Å². The monoisotopic (exact) mass is 609 g/mol. The molecule has 0 bridgehead atoms. The van der Waals surface area contributed by atoms with Crippen LogP contribution in [0.4, 0.5) is 5.69 Å². The van der Waals surface area contributed by atoms with Crippen molar-refractivity contribution in [3.8, 4) is 0 Å². The molecule has 0 saturated carbocycles. The number of amides is 2. The predicted octanol–water partition coefficient (Wildman–Crippen LogP) is 8.33. The van der Waals surface area contributed by atoms with E-state index in [2.05, 4.69) is 10.6 Å². The minimum absolute atomic E-state index is 0.00475. The molecule has 1 unspecified atom stereocenters. The van der Waals surface area contributed by atoms with Gasteiger partial charge in [0, 0.05) is 26.9 Å². The zero-order valence-corrected chi connectivity index (χ0v) is 25.7. The number of para-hydroxylation sites is 2. The highest BCUT2D eigenvalue weighted by Gasteiger charge is 2.22. The van der Waals surface area contributed by atoms with Crippen molar-refractivity contribution in [3.05, 3.63) is 150 Å². The first-order valence-corrected chi connectivity index (χ1v) is 15.5. The second-order valence-electron chi connectivity index (χ2n) is 10.7. The molecule has 0 fully saturated rings. The van der Waals surface area contributed by atoms with Gasteiger partial charge in [-0.1, -0.05) is 84.4 Å². The maximum atomic E-state index is 13.7. The number of hydrogen-bond acceptors (Lipinski definition) is 4. The van der Waals surface area contributed by atoms with Gasteiger partial charge in [-0.25, -0.2) is 0 Å². The average molecular weight is 610 g/mol. The molecule has 6 nitrogen and oxygen atoms in total. The highest BCUT2D eigenvalue weighted by Crippen LogP contribution is 2.32. The van der Waals surface area contributed by atoms with Crippen molar-refractivity contribution in [2.24, 2.45) is 0 Å². The van der Waals surface area contributed by atoms with Gasteiger partial charge in [-0.2, -0.15) is 0 Å². The van der Waals surface area contributed by atoms with E-state index in [9.17, 15) is 14.4 Å². The van der Waals surface area contributed by atoms with Crippen LogP contribution in [0, 0.1) is 6.92 Å². The van der Waals surface area contributed by atoms with Crippen LogP contribution in [0.15, 0.2) is 138 Å². The number of nitrogens with one attached hydrogen (secondary N) is 2. The summed E-state index contributed by atoms with van der Waals surface area (Å²) in [5.41, 5.74) is 4.75. The highest BCUT2D eigenvalue weighted by atomic mass is 32.2. The molecular weight excluding hydrogens is 579 g/mol. The number of hydrogen-bond donors (Lipinski definition) is 2. The van der Waals surface area contributed by atoms with Crippen molar-refractivity contribution < 1.29 is 14.4 Å². The van der Waals surface area contributed by atoms with E-state index in [0.717, 1.165) is 37.8 Å². The fourth-order valence-electron chi connectivity index (χ4n) is 5.28. The summed E-state index contributed by atoms with van der Waals surface area (Å²) >= 11 is 1.46. The van der Waals surface area contributed by atoms with Gasteiger partial charge in [-0.15, -0.1) is 11.8 Å². The van der Waals surface area contributed by atoms with Crippen molar-refractivity contribution in [1.29, 1.82) is 0 Å². The lowest BCUT2D eigenvalue weighted by Gasteiger charge is -2.14. The van der Waals surface area contributed by atoms with E-state index in [4.69, 9.17) is 0 Å². The summed E-state index contributed by atoms with van der Waals surface area (Å²) in [6.07, 6.45) is 1.66. The zero-order chi connectivity index (χ0) is 31.3. The lowest BCUT2D eigenvalue weighted by molar-refractivity contribution is -0.113. The Bertz CT molecular complexity index is 2010. The minimum Gasteiger partial charge on any atom is -0.321 e. The summed E-state index contributed by atoms with van der Waals surface area (Å²) in [5.74, 6) is -0.829. The molecule has 0 spiro atoms. The van der Waals surface area contributed by atoms with Gasteiger partial charge in [0.1, 0.15) is 5.70 Å². The number of carbonyl (C=O) groups excluding carboxylic acids is 3. The normalized spacial score (nSPS) is 12.2. The largest absolute Gasteiger partial charge is 0.321 e. The Morgan fingerprint density at radius 3 is 2.00 bits per heavy atom. The third-order valence-electron chi connectivity index (χ3n) is 7.46. The molecule has 6 rings (SSSR count). The van der Waals surface area contributed by atoms with Crippen LogP contribution in [0.5, 0.6) is 0 Å². The van der Waals surface area contributed by atoms with Gasteiger partial charge in [0.05, 0.1) is 16.3 Å². The van der Waals surface area contributed by atoms with Crippen molar-refractivity contribution in [1.82, 2.24) is 9.88 Å². The molecule has 5 aromatic carbocycles. The molecule has 0 saturated heterocycles. The summed E-state index contributed by atoms with van der Waals surface area (Å²) < 4.78 is 1.81. The van der Waals surface area contributed by atoms with Gasteiger partial charge in [-0.3, -0.25) is 19.0 Å². The number of thioether (sulfide) groups is 1. The van der Waals surface area contributed by atoms with Crippen LogP contribution in [0.3, 0.4) is 0 Å². The first-order valence-electron chi connectivity index (χ1n) is 14.6. The van der Waals surface area contributed by atoms with Crippen LogP contribution in [-0.2, 0) is 4.79 Å². The number of fused-ring (bicyclic) bond motifs is 3. The summed E-state index contributed by atoms with van der Waals surface area (Å²) in [5, 5.41) is 7.41. The summed E-state index contributed by atoms with van der Waals surface area (Å²) in [7, 11) is 0. The summed E-state index contributed by atoms with van der Waals surface area (Å²) in [6.45, 7) is 3.88. The standard InChI is InChI=1S/C38H31N3O3S/c1-25-11-10-12-27(23-25)24-33(40-36(42)28-13-4-3-5-14-28)37(43)39-29-19-21-30(22-20-29)45-26(2)38(44)41-34-17-8-6-15-31(34)32-16-7-9-18-35(32)41/h3-24,26H,1-2H3,(H,39,43)(H,40,42)/b33-24-. The van der Waals surface area contributed by atoms with Crippen LogP contribution in [0.1, 0.15) is 33.2 Å². The van der Waals surface area contributed by atoms with E-state index in [1.54, 1.807) is 42.5 Å². The Morgan fingerprint density at radius 2 is 1.36 bits per heavy atom. The molecule has 7 heteroatoms. The van der Waals surface area contributed by atoms with E-state index < -0.39 is 5.91 Å². The molecular formula is C38H31N3O3S. The third kappa shape index (κ3) is 6.59. The van der Waals surface area contributed by atoms with Gasteiger partial charge in [0.2, 0.25) is 5.91 Å². The number of aromatic nitrogens is 1. The lowest BCUT2D eigenvalue weighted by atomic mass is 10.1. The van der Waals surface area contributed by atoms with Gasteiger partial charge < -0.3 is 10.6 Å². The number of benzene rings is 5. The molecule has 45 heavy (non-hydrogen) atoms. The molecule has 1 aromatic heterocycles. The fourth-order valence-corrected chi connectivity index (χ4v) is 6.19. The van der Waals surface area contributed by atoms with Crippen molar-refractivity contribution in [2.75, 3.05) is 5.32 Å². The number of aryl methyl sites for hydroxylation is 1. The Labute approximate surface area is 265 Å². The number of rotatable bonds is 8. The number of nitrogens with zero attached hydrogens (tertiary/aromatic N) is 1. The van der Waals surface area contributed by atoms with Crippen molar-refractivity contribution in [3.63, 3.8) is 0 Å². The molecule has 0 aliphatic rings. The second-order valence-corrected chi connectivity index (χ2v) is 12.2. The topological polar surface area (TPSA) is 80.2 Å². The van der Waals surface area contributed by atoms with Crippen molar-refractivity contribution >= 4 is 63.1 Å². The molecule has 2 N–H and O–H groups in total. The molecule has 0 aliphatic heterocycles. The molecule has 6 aromatic rings. The molecule has 1 atom stereocenters. The maximum absolute atomic E-state index is 13.7. The quantitative estimate of drug-likeness (QED) is 0.134. The maximum Gasteiger partial charge on any atom is 0.272 e. The van der Waals surface area contributed by atoms with Gasteiger partial charge in [-0.05, 0) is 74.0 Å². The number of carbonyl (C=O) groups is 3. The lowest BCUT2D eigenvalue weighted by Crippen LogP contribution is -2.30. The van der Waals surface area contributed by atoms with Crippen LogP contribution in [0.25, 0.3) is 27.9 Å². The first-order chi connectivity index (χ1) is 21.9. The average Bonchev–Trinajstić information content (AvgIpc) is 3.39. The van der Waals surface area contributed by atoms with E-state index in [0.29, 0.717) is 11.3 Å². The van der Waals surface area contributed by atoms with E-state index >= 15 is 0 Å². The summed E-state index contributed by atoms with van der Waals surface area (Å²) in [4.78, 5) is 41.0. The zero-order valence-electron chi connectivity index (χ0n) is 24.9. The van der Waals surface area contributed by atoms with Gasteiger partial charge >= 0.3 is 0 Å². The summed E-state index contributed by atoms with van der Waals surface area (Å²) in [6, 6.07) is 39.7. The van der Waals surface area contributed by atoms with E-state index in [1.165, 1.54) is 11.8 Å². The third-order valence-corrected chi connectivity index (χ3v) is 8.55. The molecule has 2 amide bonds. The van der Waals surface area contributed by atoms with Crippen molar-refractivity contribution in [2.45, 2.75) is 24.0 Å². The van der Waals surface area contributed by atoms with Crippen LogP contribution in [0.2, 0.25) is 0 Å². The van der Waals surface area contributed by atoms with Crippen LogP contribution < -0.4 is 10.6 Å². The Kier molecular flexibility index (Phi) is 8.62. The van der Waals surface area contributed by atoms with Crippen LogP contribution >= 0.6 is 11.8 Å². The Morgan fingerprint density at radius 1 is 0.733 bits per heavy atom. The highest BCUT2D eigenvalue weighted by molar-refractivity contribution is 8.00. The smallest absolute Gasteiger partial charge is 0.272 e. The minimum atomic E-state index is -0.448. The molecule has 1 heterocycles. The second kappa shape index (κ2) is 13.1. The molecule has 222 valence electrons. The van der Waals surface area contributed by atoms with E-state index in [-0.39, 0.29) is 22.8 Å². The molecule has 0 radical (unpaired) electrons. The van der Waals surface area contributed by atoms with E-state index in [1.807, 2.05) is 109 Å². The Balaban J connectivity index is 1.18. The SMILES string of the molecule is Cc1cccc(/C=C(\NC(=O)c2ccccc2)C(=O)Nc2ccc(SC(C)C(=O)n3c4ccccc4c4ccccc43)cc2)c1. The number of anilines is 1. The van der Waals surface area contributed by atoms with Gasteiger partial charge in [0.15, 0.2) is 0 Å². The van der Waals surface area contributed by atoms with Crippen LogP contribution in [-0.4, -0.2) is 27.5 Å². The fraction of sp³-hybridized carbons (Fsp3) is 0.0789. The molecule has 0 aliphatic carbocycles. The first kappa shape index (κ1) is 29.7. The predicted molar refractivity (Wildman–Crippen MR) is 184 cm³/mol. The Hall–Kier alpha value is -5.40.